The summed E-state index contributed by atoms with van der Waals surface area (Å²) in [6, 6.07) is 0.568. The predicted octanol–water partition coefficient (Wildman–Crippen LogP) is 3.13. The highest BCUT2D eigenvalue weighted by atomic mass is 32.1. The molecule has 0 aromatic rings. The zero-order chi connectivity index (χ0) is 16.0. The number of aliphatic hydroxyl groups excluding tert-OH is 1. The molecule has 4 rings (SSSR count). The highest BCUT2D eigenvalue weighted by Crippen LogP contribution is 2.38. The molecule has 4 aliphatic rings. The van der Waals surface area contributed by atoms with Gasteiger partial charge in [-0.15, -0.1) is 0 Å². The lowest BCUT2D eigenvalue weighted by molar-refractivity contribution is 0.295. The quantitative estimate of drug-likeness (QED) is 0.764. The van der Waals surface area contributed by atoms with E-state index in [2.05, 4.69) is 41.4 Å². The number of hydrogen-bond donors (Lipinski definition) is 2. The van der Waals surface area contributed by atoms with Crippen LogP contribution in [-0.4, -0.2) is 40.2 Å². The summed E-state index contributed by atoms with van der Waals surface area (Å²) in [5.74, 6) is 1.91. The lowest BCUT2D eigenvalue weighted by Crippen LogP contribution is -2.51. The Bertz CT molecular complexity index is 633. The van der Waals surface area contributed by atoms with Gasteiger partial charge < -0.3 is 15.3 Å². The van der Waals surface area contributed by atoms with E-state index in [0.29, 0.717) is 29.6 Å². The maximum Gasteiger partial charge on any atom is 0.111 e. The first-order valence-corrected chi connectivity index (χ1v) is 9.04. The molecule has 122 valence electrons. The van der Waals surface area contributed by atoms with Crippen molar-refractivity contribution in [2.24, 2.45) is 17.8 Å². The Morgan fingerprint density at radius 2 is 2.22 bits per heavy atom. The van der Waals surface area contributed by atoms with E-state index in [4.69, 9.17) is 12.2 Å². The van der Waals surface area contributed by atoms with E-state index < -0.39 is 0 Å². The van der Waals surface area contributed by atoms with Crippen LogP contribution in [0.3, 0.4) is 0 Å². The number of hydrogen-bond acceptors (Lipinski definition) is 3. The molecule has 5 unspecified atom stereocenters. The Kier molecular flexibility index (Phi) is 3.90. The van der Waals surface area contributed by atoms with E-state index in [1.807, 2.05) is 6.08 Å². The number of allylic oxidation sites excluding steroid dienone is 3. The van der Waals surface area contributed by atoms with Gasteiger partial charge in [0.15, 0.2) is 0 Å². The molecule has 2 aliphatic carbocycles. The van der Waals surface area contributed by atoms with Crippen molar-refractivity contribution in [3.8, 4) is 0 Å². The van der Waals surface area contributed by atoms with Gasteiger partial charge in [-0.3, -0.25) is 0 Å². The van der Waals surface area contributed by atoms with Gasteiger partial charge in [0.1, 0.15) is 5.76 Å². The highest BCUT2D eigenvalue weighted by Gasteiger charge is 2.46. The van der Waals surface area contributed by atoms with Gasteiger partial charge in [-0.2, -0.15) is 0 Å². The predicted molar refractivity (Wildman–Crippen MR) is 97.3 cm³/mol. The second-order valence-electron chi connectivity index (χ2n) is 7.27. The summed E-state index contributed by atoms with van der Waals surface area (Å²) in [5.41, 5.74) is 1.39. The van der Waals surface area contributed by atoms with Crippen molar-refractivity contribution in [1.29, 1.82) is 0 Å². The lowest BCUT2D eigenvalue weighted by Gasteiger charge is -2.38. The molecular weight excluding hydrogens is 304 g/mol. The standard InChI is InChI=1S/C19H24N2OS/c1-12-3-2-4-13(9-12)11-21-8-7-15-16-10-14(22)5-6-17(16)20-18(15)19(21)23/h2,4-6,9-10,12,15-18,20,22H,3,7-8,11H2,1H3. The molecule has 2 heterocycles. The summed E-state index contributed by atoms with van der Waals surface area (Å²) in [6.07, 6.45) is 15.1. The van der Waals surface area contributed by atoms with Gasteiger partial charge in [-0.05, 0) is 42.4 Å². The summed E-state index contributed by atoms with van der Waals surface area (Å²) < 4.78 is 0. The molecule has 0 aromatic heterocycles. The van der Waals surface area contributed by atoms with Crippen molar-refractivity contribution in [1.82, 2.24) is 10.2 Å². The van der Waals surface area contributed by atoms with Crippen LogP contribution in [0.15, 0.2) is 47.8 Å². The van der Waals surface area contributed by atoms with Crippen LogP contribution in [0.25, 0.3) is 0 Å². The minimum absolute atomic E-state index is 0.256. The number of piperidine rings is 1. The van der Waals surface area contributed by atoms with E-state index in [1.165, 1.54) is 5.57 Å². The Morgan fingerprint density at radius 3 is 3.04 bits per heavy atom. The van der Waals surface area contributed by atoms with E-state index >= 15 is 0 Å². The van der Waals surface area contributed by atoms with Crippen molar-refractivity contribution in [3.05, 3.63) is 47.8 Å². The summed E-state index contributed by atoms with van der Waals surface area (Å²) in [4.78, 5) is 3.41. The molecule has 0 spiro atoms. The fraction of sp³-hybridized carbons (Fsp3) is 0.526. The first kappa shape index (κ1) is 15.2. The number of likely N-dealkylation sites (tertiary alicyclic amines) is 1. The Labute approximate surface area is 143 Å². The molecule has 0 saturated carbocycles. The molecular formula is C19H24N2OS. The third-order valence-electron chi connectivity index (χ3n) is 5.57. The molecule has 4 heteroatoms. The molecule has 2 aliphatic heterocycles. The number of aliphatic hydroxyl groups is 1. The fourth-order valence-corrected chi connectivity index (χ4v) is 4.83. The smallest absolute Gasteiger partial charge is 0.111 e. The molecule has 23 heavy (non-hydrogen) atoms. The molecule has 0 radical (unpaired) electrons. The van der Waals surface area contributed by atoms with E-state index in [-0.39, 0.29) is 6.04 Å². The van der Waals surface area contributed by atoms with Gasteiger partial charge in [-0.1, -0.05) is 43.4 Å². The molecule has 2 saturated heterocycles. The minimum Gasteiger partial charge on any atom is -0.508 e. The molecule has 2 fully saturated rings. The summed E-state index contributed by atoms with van der Waals surface area (Å²) in [6.45, 7) is 4.21. The maximum absolute atomic E-state index is 9.79. The van der Waals surface area contributed by atoms with Gasteiger partial charge in [0.05, 0.1) is 11.0 Å². The first-order valence-electron chi connectivity index (χ1n) is 8.63. The number of nitrogens with one attached hydrogen (secondary N) is 1. The Morgan fingerprint density at radius 1 is 1.35 bits per heavy atom. The van der Waals surface area contributed by atoms with Gasteiger partial charge >= 0.3 is 0 Å². The van der Waals surface area contributed by atoms with Gasteiger partial charge in [-0.25, -0.2) is 0 Å². The number of nitrogens with zero attached hydrogens (tertiary/aromatic N) is 1. The fourth-order valence-electron chi connectivity index (χ4n) is 4.43. The summed E-state index contributed by atoms with van der Waals surface area (Å²) in [7, 11) is 0. The van der Waals surface area contributed by atoms with Crippen molar-refractivity contribution >= 4 is 17.2 Å². The van der Waals surface area contributed by atoms with Crippen LogP contribution in [0.4, 0.5) is 0 Å². The summed E-state index contributed by atoms with van der Waals surface area (Å²) >= 11 is 5.82. The van der Waals surface area contributed by atoms with E-state index in [9.17, 15) is 5.11 Å². The van der Waals surface area contributed by atoms with Crippen LogP contribution in [0.5, 0.6) is 0 Å². The van der Waals surface area contributed by atoms with Crippen LogP contribution in [0.1, 0.15) is 19.8 Å². The lowest BCUT2D eigenvalue weighted by atomic mass is 9.80. The second-order valence-corrected chi connectivity index (χ2v) is 7.69. The highest BCUT2D eigenvalue weighted by molar-refractivity contribution is 7.80. The molecule has 3 nitrogen and oxygen atoms in total. The van der Waals surface area contributed by atoms with Crippen LogP contribution in [0.2, 0.25) is 0 Å². The van der Waals surface area contributed by atoms with E-state index in [1.54, 1.807) is 6.08 Å². The van der Waals surface area contributed by atoms with Crippen LogP contribution >= 0.6 is 12.2 Å². The molecule has 0 aromatic carbocycles. The molecule has 5 atom stereocenters. The number of fused-ring (bicyclic) bond motifs is 3. The maximum atomic E-state index is 9.79. The average Bonchev–Trinajstić information content (AvgIpc) is 2.89. The van der Waals surface area contributed by atoms with Crippen molar-refractivity contribution in [2.45, 2.75) is 31.8 Å². The largest absolute Gasteiger partial charge is 0.508 e. The van der Waals surface area contributed by atoms with Crippen molar-refractivity contribution in [2.75, 3.05) is 13.1 Å². The zero-order valence-electron chi connectivity index (χ0n) is 13.5. The van der Waals surface area contributed by atoms with E-state index in [0.717, 1.165) is 30.9 Å². The molecule has 2 N–H and O–H groups in total. The third kappa shape index (κ3) is 2.79. The average molecular weight is 328 g/mol. The van der Waals surface area contributed by atoms with Crippen molar-refractivity contribution in [3.63, 3.8) is 0 Å². The minimum atomic E-state index is 0.256. The van der Waals surface area contributed by atoms with Crippen LogP contribution in [-0.2, 0) is 0 Å². The summed E-state index contributed by atoms with van der Waals surface area (Å²) in [5, 5.41) is 13.5. The Balaban J connectivity index is 1.48. The number of rotatable bonds is 2. The SMILES string of the molecule is CC1C=C(CN2CCC3C(NC4C=CC(O)=CC43)C2=S)C=CC1. The third-order valence-corrected chi connectivity index (χ3v) is 6.08. The van der Waals surface area contributed by atoms with Crippen LogP contribution in [0, 0.1) is 17.8 Å². The molecule has 0 amide bonds. The first-order chi connectivity index (χ1) is 11.1. The van der Waals surface area contributed by atoms with Gasteiger partial charge in [0.2, 0.25) is 0 Å². The topological polar surface area (TPSA) is 35.5 Å². The van der Waals surface area contributed by atoms with Crippen molar-refractivity contribution < 1.29 is 5.11 Å². The second kappa shape index (κ2) is 5.91. The van der Waals surface area contributed by atoms with Gasteiger partial charge in [0.25, 0.3) is 0 Å². The molecule has 0 bridgehead atoms. The van der Waals surface area contributed by atoms with Crippen LogP contribution < -0.4 is 5.32 Å². The zero-order valence-corrected chi connectivity index (χ0v) is 14.3. The van der Waals surface area contributed by atoms with Gasteiger partial charge in [0, 0.05) is 25.0 Å². The number of thiocarbonyl (C=S) groups is 1. The normalized spacial score (nSPS) is 38.9. The monoisotopic (exact) mass is 328 g/mol. The Hall–Kier alpha value is -1.39.